The van der Waals surface area contributed by atoms with Crippen molar-refractivity contribution >= 4 is 49.3 Å². The molecule has 3 aromatic heterocycles. The SMILES string of the molecule is [C-]#[N+]c1cccc(-c2cc(-c3nc(-c4ccc(-c5ccc(C#N)cc5)cc4)nc(-c4cc(-c5cccc(C#N)c5)ccc4-n4c5ccccc5c5ccccc54)n3)ccc2-n2c3ccccc3c3ccccc32)c1. The zero-order chi connectivity index (χ0) is 49.7. The van der Waals surface area contributed by atoms with Gasteiger partial charge >= 0.3 is 0 Å². The van der Waals surface area contributed by atoms with Crippen LogP contribution in [0.2, 0.25) is 0 Å². The number of para-hydroxylation sites is 4. The minimum absolute atomic E-state index is 0.458. The van der Waals surface area contributed by atoms with Crippen molar-refractivity contribution in [3.8, 4) is 91.1 Å². The summed E-state index contributed by atoms with van der Waals surface area (Å²) in [4.78, 5) is 20.0. The fourth-order valence-corrected chi connectivity index (χ4v) is 10.4. The molecule has 0 aliphatic heterocycles. The number of fused-ring (bicyclic) bond motifs is 6. The Labute approximate surface area is 426 Å². The minimum atomic E-state index is 0.458. The lowest BCUT2D eigenvalue weighted by Gasteiger charge is -2.18. The van der Waals surface area contributed by atoms with Crippen molar-refractivity contribution in [3.05, 3.63) is 253 Å². The average molecular weight is 943 g/mol. The molecule has 0 bridgehead atoms. The van der Waals surface area contributed by atoms with Gasteiger partial charge in [-0.15, -0.1) is 0 Å². The molecule has 0 aliphatic carbocycles. The quantitative estimate of drug-likeness (QED) is 0.141. The van der Waals surface area contributed by atoms with Gasteiger partial charge in [0.1, 0.15) is 0 Å². The van der Waals surface area contributed by atoms with E-state index in [1.807, 2.05) is 78.9 Å². The second-order valence-corrected chi connectivity index (χ2v) is 18.1. The van der Waals surface area contributed by atoms with Gasteiger partial charge in [0, 0.05) is 43.8 Å². The van der Waals surface area contributed by atoms with Crippen molar-refractivity contribution < 1.29 is 0 Å². The van der Waals surface area contributed by atoms with E-state index in [0.29, 0.717) is 34.3 Å². The van der Waals surface area contributed by atoms with Crippen LogP contribution in [0.25, 0.3) is 127 Å². The number of hydrogen-bond donors (Lipinski definition) is 0. The molecule has 342 valence electrons. The zero-order valence-electron chi connectivity index (χ0n) is 39.5. The van der Waals surface area contributed by atoms with Crippen LogP contribution in [0.4, 0.5) is 5.69 Å². The summed E-state index contributed by atoms with van der Waals surface area (Å²) in [5.41, 5.74) is 15.6. The molecule has 0 saturated carbocycles. The molecule has 13 aromatic rings. The van der Waals surface area contributed by atoms with Crippen molar-refractivity contribution in [1.82, 2.24) is 24.1 Å². The lowest BCUT2D eigenvalue weighted by molar-refractivity contribution is 1.06. The maximum absolute atomic E-state index is 9.97. The summed E-state index contributed by atoms with van der Waals surface area (Å²) in [7, 11) is 0. The highest BCUT2D eigenvalue weighted by atomic mass is 15.1. The third kappa shape index (κ3) is 7.42. The Hall–Kier alpha value is -10.7. The number of hydrogen-bond acceptors (Lipinski definition) is 5. The Balaban J connectivity index is 1.08. The molecule has 0 aliphatic rings. The van der Waals surface area contributed by atoms with Crippen LogP contribution in [-0.2, 0) is 0 Å². The summed E-state index contributed by atoms with van der Waals surface area (Å²) < 4.78 is 4.59. The molecule has 0 saturated heterocycles. The molecule has 74 heavy (non-hydrogen) atoms. The Kier molecular flexibility index (Phi) is 10.5. The topological polar surface area (TPSA) is 100 Å². The van der Waals surface area contributed by atoms with Gasteiger partial charge in [0.15, 0.2) is 23.2 Å². The van der Waals surface area contributed by atoms with E-state index in [1.54, 1.807) is 0 Å². The number of nitriles is 2. The van der Waals surface area contributed by atoms with E-state index in [9.17, 15) is 10.5 Å². The molecular weight excluding hydrogens is 905 g/mol. The standard InChI is InChI=1S/C66H38N8/c1-69-51-15-11-14-49(37-51)56-39-50(33-35-62(56)73-58-20-6-2-16-52(58)53-17-3-7-21-59(53)73)65-70-64(46-30-28-45(29-31-46)44-26-24-42(40-67)25-27-44)71-66(72-65)57-38-48(47-13-10-12-43(36-47)41-68)32-34-63(57)74-60-22-8-4-18-54(60)55-19-5-9-23-61(55)74/h2-39H. The van der Waals surface area contributed by atoms with Crippen LogP contribution in [0.15, 0.2) is 231 Å². The number of rotatable bonds is 8. The monoisotopic (exact) mass is 942 g/mol. The fourth-order valence-electron chi connectivity index (χ4n) is 10.4. The van der Waals surface area contributed by atoms with Gasteiger partial charge in [-0.2, -0.15) is 10.5 Å². The van der Waals surface area contributed by atoms with E-state index >= 15 is 0 Å². The van der Waals surface area contributed by atoms with E-state index in [0.717, 1.165) is 105 Å². The summed E-state index contributed by atoms with van der Waals surface area (Å²) in [5.74, 6) is 1.39. The lowest BCUT2D eigenvalue weighted by atomic mass is 9.98. The highest BCUT2D eigenvalue weighted by Crippen LogP contribution is 2.41. The predicted molar refractivity (Wildman–Crippen MR) is 297 cm³/mol. The highest BCUT2D eigenvalue weighted by molar-refractivity contribution is 6.11. The summed E-state index contributed by atoms with van der Waals surface area (Å²) in [6.45, 7) is 7.99. The number of benzene rings is 10. The lowest BCUT2D eigenvalue weighted by Crippen LogP contribution is -2.04. The zero-order valence-corrected chi connectivity index (χ0v) is 39.5. The van der Waals surface area contributed by atoms with Crippen LogP contribution in [0, 0.1) is 29.2 Å². The molecule has 0 unspecified atom stereocenters. The second kappa shape index (κ2) is 17.9. The average Bonchev–Trinajstić information content (AvgIpc) is 4.01. The number of aromatic nitrogens is 5. The smallest absolute Gasteiger partial charge is 0.187 e. The van der Waals surface area contributed by atoms with E-state index in [4.69, 9.17) is 21.5 Å². The van der Waals surface area contributed by atoms with Crippen molar-refractivity contribution in [1.29, 1.82) is 10.5 Å². The van der Waals surface area contributed by atoms with Crippen molar-refractivity contribution in [2.45, 2.75) is 0 Å². The second-order valence-electron chi connectivity index (χ2n) is 18.1. The van der Waals surface area contributed by atoms with E-state index < -0.39 is 0 Å². The van der Waals surface area contributed by atoms with Crippen LogP contribution in [0.1, 0.15) is 11.1 Å². The first-order valence-corrected chi connectivity index (χ1v) is 24.1. The molecule has 0 fully saturated rings. The molecule has 0 atom stereocenters. The molecule has 0 amide bonds. The molecule has 0 N–H and O–H groups in total. The first-order valence-electron chi connectivity index (χ1n) is 24.1. The minimum Gasteiger partial charge on any atom is -0.309 e. The normalized spacial score (nSPS) is 11.2. The third-order valence-corrected chi connectivity index (χ3v) is 13.9. The molecule has 10 aromatic carbocycles. The van der Waals surface area contributed by atoms with Crippen LogP contribution >= 0.6 is 0 Å². The molecule has 13 rings (SSSR count). The summed E-state index contributed by atoms with van der Waals surface area (Å²) in [6.07, 6.45) is 0. The first kappa shape index (κ1) is 43.3. The summed E-state index contributed by atoms with van der Waals surface area (Å²) in [5, 5.41) is 24.0. The van der Waals surface area contributed by atoms with Gasteiger partial charge < -0.3 is 9.13 Å². The molecule has 0 radical (unpaired) electrons. The van der Waals surface area contributed by atoms with E-state index in [2.05, 4.69) is 178 Å². The Morgan fingerprint density at radius 1 is 0.338 bits per heavy atom. The van der Waals surface area contributed by atoms with E-state index in [1.165, 1.54) is 0 Å². The largest absolute Gasteiger partial charge is 0.309 e. The highest BCUT2D eigenvalue weighted by Gasteiger charge is 2.23. The van der Waals surface area contributed by atoms with Gasteiger partial charge in [0.05, 0.1) is 63.3 Å². The molecule has 8 heteroatoms. The van der Waals surface area contributed by atoms with Crippen LogP contribution in [0.3, 0.4) is 0 Å². The van der Waals surface area contributed by atoms with Crippen LogP contribution in [-0.4, -0.2) is 24.1 Å². The van der Waals surface area contributed by atoms with Gasteiger partial charge in [0.2, 0.25) is 0 Å². The number of nitrogens with zero attached hydrogens (tertiary/aromatic N) is 8. The molecule has 0 spiro atoms. The fraction of sp³-hybridized carbons (Fsp3) is 0. The first-order chi connectivity index (χ1) is 36.5. The van der Waals surface area contributed by atoms with Gasteiger partial charge in [-0.25, -0.2) is 19.8 Å². The van der Waals surface area contributed by atoms with Crippen molar-refractivity contribution in [2.24, 2.45) is 0 Å². The van der Waals surface area contributed by atoms with Crippen molar-refractivity contribution in [2.75, 3.05) is 0 Å². The Morgan fingerprint density at radius 3 is 1.34 bits per heavy atom. The summed E-state index contributed by atoms with van der Waals surface area (Å²) in [6, 6.07) is 82.1. The predicted octanol–water partition coefficient (Wildman–Crippen LogP) is 16.4. The Morgan fingerprint density at radius 2 is 0.770 bits per heavy atom. The third-order valence-electron chi connectivity index (χ3n) is 13.9. The Bertz CT molecular complexity index is 4410. The van der Waals surface area contributed by atoms with Gasteiger partial charge in [-0.3, -0.25) is 0 Å². The van der Waals surface area contributed by atoms with E-state index in [-0.39, 0.29) is 0 Å². The van der Waals surface area contributed by atoms with Gasteiger partial charge in [0.25, 0.3) is 0 Å². The van der Waals surface area contributed by atoms with Crippen molar-refractivity contribution in [3.63, 3.8) is 0 Å². The maximum atomic E-state index is 9.97. The molecule has 3 heterocycles. The van der Waals surface area contributed by atoms with Crippen LogP contribution < -0.4 is 0 Å². The maximum Gasteiger partial charge on any atom is 0.187 e. The van der Waals surface area contributed by atoms with Gasteiger partial charge in [-0.05, 0) is 113 Å². The molecular formula is C66H38N8. The summed E-state index contributed by atoms with van der Waals surface area (Å²) >= 11 is 0. The molecule has 8 nitrogen and oxygen atoms in total. The van der Waals surface area contributed by atoms with Crippen LogP contribution in [0.5, 0.6) is 0 Å². The van der Waals surface area contributed by atoms with Gasteiger partial charge in [-0.1, -0.05) is 146 Å².